The Morgan fingerprint density at radius 2 is 2.03 bits per heavy atom. The van der Waals surface area contributed by atoms with Crippen molar-refractivity contribution in [3.05, 3.63) is 59.6 Å². The van der Waals surface area contributed by atoms with Crippen LogP contribution < -0.4 is 4.74 Å². The zero-order valence-electron chi connectivity index (χ0n) is 18.9. The smallest absolute Gasteiger partial charge is 0.126 e. The van der Waals surface area contributed by atoms with Gasteiger partial charge in [-0.3, -0.25) is 0 Å². The predicted octanol–water partition coefficient (Wildman–Crippen LogP) is 4.08. The molecule has 4 rings (SSSR count). The molecule has 2 heterocycles. The first-order chi connectivity index (χ1) is 15.0. The number of aliphatic hydroxyl groups is 1. The average Bonchev–Trinajstić information content (AvgIpc) is 3.22. The fraction of sp³-hybridized carbons (Fsp3) is 0.538. The maximum atomic E-state index is 12.2. The Labute approximate surface area is 186 Å². The summed E-state index contributed by atoms with van der Waals surface area (Å²) < 4.78 is 11.0. The molecule has 0 amide bonds. The molecule has 2 aromatic rings. The highest BCUT2D eigenvalue weighted by Gasteiger charge is 2.40. The molecule has 0 spiro atoms. The summed E-state index contributed by atoms with van der Waals surface area (Å²) in [4.78, 5) is 4.93. The summed E-state index contributed by atoms with van der Waals surface area (Å²) in [6.45, 7) is 5.33. The normalized spacial score (nSPS) is 27.3. The molecule has 1 saturated heterocycles. The zero-order chi connectivity index (χ0) is 21.7. The molecule has 0 radical (unpaired) electrons. The summed E-state index contributed by atoms with van der Waals surface area (Å²) in [5.41, 5.74) is 1.62. The minimum absolute atomic E-state index is 0.240. The van der Waals surface area contributed by atoms with Crippen LogP contribution >= 0.6 is 0 Å². The van der Waals surface area contributed by atoms with Crippen LogP contribution in [-0.4, -0.2) is 67.4 Å². The number of furan rings is 1. The van der Waals surface area contributed by atoms with Crippen molar-refractivity contribution in [2.24, 2.45) is 5.92 Å². The van der Waals surface area contributed by atoms with Crippen molar-refractivity contribution in [2.45, 2.75) is 37.7 Å². The van der Waals surface area contributed by atoms with Crippen LogP contribution in [-0.2, 0) is 6.42 Å². The number of benzene rings is 1. The first kappa shape index (κ1) is 22.1. The number of hydrogen-bond acceptors (Lipinski definition) is 5. The lowest BCUT2D eigenvalue weighted by Crippen LogP contribution is -2.50. The summed E-state index contributed by atoms with van der Waals surface area (Å²) in [7, 11) is 3.88. The molecule has 1 aliphatic carbocycles. The van der Waals surface area contributed by atoms with Gasteiger partial charge in [-0.05, 0) is 68.6 Å². The van der Waals surface area contributed by atoms with Crippen molar-refractivity contribution >= 4 is 6.08 Å². The maximum absolute atomic E-state index is 12.2. The molecule has 31 heavy (non-hydrogen) atoms. The van der Waals surface area contributed by atoms with Crippen molar-refractivity contribution in [3.63, 3.8) is 0 Å². The zero-order valence-corrected chi connectivity index (χ0v) is 18.9. The van der Waals surface area contributed by atoms with Gasteiger partial charge in [-0.2, -0.15) is 0 Å². The molecule has 1 N–H and O–H groups in total. The summed E-state index contributed by atoms with van der Waals surface area (Å²) in [6.07, 6.45) is 8.33. The fourth-order valence-corrected chi connectivity index (χ4v) is 5.11. The van der Waals surface area contributed by atoms with Gasteiger partial charge >= 0.3 is 0 Å². The van der Waals surface area contributed by atoms with Crippen LogP contribution in [0.5, 0.6) is 5.75 Å². The Bertz CT molecular complexity index is 855. The largest absolute Gasteiger partial charge is 0.497 e. The minimum atomic E-state index is -0.787. The molecule has 2 fully saturated rings. The van der Waals surface area contributed by atoms with E-state index in [-0.39, 0.29) is 5.92 Å². The van der Waals surface area contributed by atoms with Gasteiger partial charge in [0, 0.05) is 45.1 Å². The molecule has 5 nitrogen and oxygen atoms in total. The Kier molecular flexibility index (Phi) is 7.16. The van der Waals surface area contributed by atoms with E-state index in [1.165, 1.54) is 5.57 Å². The van der Waals surface area contributed by atoms with Gasteiger partial charge in [-0.15, -0.1) is 0 Å². The van der Waals surface area contributed by atoms with E-state index < -0.39 is 5.60 Å². The molecule has 1 saturated carbocycles. The topological polar surface area (TPSA) is 49.1 Å². The van der Waals surface area contributed by atoms with Gasteiger partial charge in [0.15, 0.2) is 0 Å². The summed E-state index contributed by atoms with van der Waals surface area (Å²) >= 11 is 0. The number of likely N-dealkylation sites (N-methyl/N-ethyl adjacent to an activating group) is 1. The Balaban J connectivity index is 1.58. The third-order valence-electron chi connectivity index (χ3n) is 6.95. The molecule has 168 valence electrons. The Morgan fingerprint density at radius 3 is 2.77 bits per heavy atom. The highest BCUT2D eigenvalue weighted by atomic mass is 16.5. The quantitative estimate of drug-likeness (QED) is 0.708. The van der Waals surface area contributed by atoms with Crippen molar-refractivity contribution in [3.8, 4) is 5.75 Å². The van der Waals surface area contributed by atoms with Crippen LogP contribution in [0.4, 0.5) is 0 Å². The van der Waals surface area contributed by atoms with E-state index in [1.54, 1.807) is 13.4 Å². The molecular formula is C26H36N2O3. The molecule has 2 unspecified atom stereocenters. The summed E-state index contributed by atoms with van der Waals surface area (Å²) in [5, 5.41) is 12.2. The van der Waals surface area contributed by atoms with Crippen LogP contribution in [0.3, 0.4) is 0 Å². The van der Waals surface area contributed by atoms with Crippen LogP contribution in [0.15, 0.2) is 52.7 Å². The molecule has 1 aliphatic heterocycles. The van der Waals surface area contributed by atoms with Crippen LogP contribution in [0.2, 0.25) is 0 Å². The minimum Gasteiger partial charge on any atom is -0.497 e. The van der Waals surface area contributed by atoms with Crippen LogP contribution in [0, 0.1) is 5.92 Å². The third-order valence-corrected chi connectivity index (χ3v) is 6.95. The summed E-state index contributed by atoms with van der Waals surface area (Å²) in [6, 6.07) is 12.1. The van der Waals surface area contributed by atoms with Gasteiger partial charge in [0.2, 0.25) is 0 Å². The standard InChI is InChI=1S/C26H36N2O3/c1-27-11-13-28(14-12-27)20-23-8-3-6-22(17-25-10-5-15-31-25)19-26(23,29)18-21-7-4-9-24(16-21)30-2/h4-5,7,9-10,15-17,23,29H,3,6,8,11-14,18-20H2,1-2H3/b22-17-. The predicted molar refractivity (Wildman–Crippen MR) is 124 cm³/mol. The van der Waals surface area contributed by atoms with E-state index in [9.17, 15) is 5.11 Å². The lowest BCUT2D eigenvalue weighted by atomic mass is 9.77. The molecular weight excluding hydrogens is 388 g/mol. The number of methoxy groups -OCH3 is 1. The Morgan fingerprint density at radius 1 is 1.19 bits per heavy atom. The van der Waals surface area contributed by atoms with E-state index in [1.807, 2.05) is 24.3 Å². The number of nitrogens with zero attached hydrogens (tertiary/aromatic N) is 2. The molecule has 1 aromatic heterocycles. The number of hydrogen-bond donors (Lipinski definition) is 1. The van der Waals surface area contributed by atoms with Gasteiger partial charge in [-0.25, -0.2) is 0 Å². The molecule has 2 atom stereocenters. The highest BCUT2D eigenvalue weighted by molar-refractivity contribution is 5.48. The Hall–Kier alpha value is -2.08. The van der Waals surface area contributed by atoms with Crippen LogP contribution in [0.1, 0.15) is 37.0 Å². The van der Waals surface area contributed by atoms with Crippen molar-refractivity contribution < 1.29 is 14.3 Å². The van der Waals surface area contributed by atoms with E-state index in [2.05, 4.69) is 35.1 Å². The van der Waals surface area contributed by atoms with Gasteiger partial charge in [0.1, 0.15) is 11.5 Å². The second kappa shape index (κ2) is 10.0. The molecule has 5 heteroatoms. The maximum Gasteiger partial charge on any atom is 0.126 e. The monoisotopic (exact) mass is 424 g/mol. The van der Waals surface area contributed by atoms with Crippen molar-refractivity contribution in [1.82, 2.24) is 9.80 Å². The molecule has 1 aromatic carbocycles. The second-order valence-electron chi connectivity index (χ2n) is 9.32. The summed E-state index contributed by atoms with van der Waals surface area (Å²) in [5.74, 6) is 1.96. The SMILES string of the molecule is COc1cccc(CC2(O)C/C(=C\c3ccco3)CCCC2CN2CCN(C)CC2)c1. The first-order valence-electron chi connectivity index (χ1n) is 11.5. The highest BCUT2D eigenvalue weighted by Crippen LogP contribution is 2.39. The first-order valence-corrected chi connectivity index (χ1v) is 11.5. The third kappa shape index (κ3) is 5.79. The second-order valence-corrected chi connectivity index (χ2v) is 9.32. The van der Waals surface area contributed by atoms with E-state index in [4.69, 9.17) is 9.15 Å². The lowest BCUT2D eigenvalue weighted by molar-refractivity contribution is -0.0347. The number of piperazine rings is 1. The van der Waals surface area contributed by atoms with Gasteiger partial charge in [-0.1, -0.05) is 17.7 Å². The van der Waals surface area contributed by atoms with E-state index in [0.29, 0.717) is 12.8 Å². The average molecular weight is 425 g/mol. The van der Waals surface area contributed by atoms with Gasteiger partial charge < -0.3 is 24.1 Å². The lowest BCUT2D eigenvalue weighted by Gasteiger charge is -2.41. The van der Waals surface area contributed by atoms with Crippen molar-refractivity contribution in [2.75, 3.05) is 46.9 Å². The van der Waals surface area contributed by atoms with Gasteiger partial charge in [0.05, 0.1) is 19.0 Å². The number of ether oxygens (including phenoxy) is 1. The molecule has 0 bridgehead atoms. The van der Waals surface area contributed by atoms with Crippen molar-refractivity contribution in [1.29, 1.82) is 0 Å². The van der Waals surface area contributed by atoms with E-state index in [0.717, 1.165) is 69.1 Å². The van der Waals surface area contributed by atoms with Gasteiger partial charge in [0.25, 0.3) is 0 Å². The fourth-order valence-electron chi connectivity index (χ4n) is 5.11. The number of rotatable bonds is 6. The van der Waals surface area contributed by atoms with Crippen LogP contribution in [0.25, 0.3) is 6.08 Å². The van der Waals surface area contributed by atoms with E-state index >= 15 is 0 Å². The molecule has 2 aliphatic rings.